The first kappa shape index (κ1) is 15.2. The Morgan fingerprint density at radius 1 is 1.53 bits per heavy atom. The van der Waals surface area contributed by atoms with E-state index in [0.717, 1.165) is 6.26 Å². The average molecular weight is 287 g/mol. The molecule has 7 nitrogen and oxygen atoms in total. The molecule has 0 aliphatic carbocycles. The number of carbonyl (C=O) groups is 1. The molecule has 3 N–H and O–H groups in total. The van der Waals surface area contributed by atoms with Crippen molar-refractivity contribution in [3.63, 3.8) is 0 Å². The minimum absolute atomic E-state index is 0.0439. The van der Waals surface area contributed by atoms with Crippen molar-refractivity contribution < 1.29 is 17.9 Å². The lowest BCUT2D eigenvalue weighted by Gasteiger charge is -2.10. The third kappa shape index (κ3) is 4.74. The van der Waals surface area contributed by atoms with Crippen LogP contribution in [0, 0.1) is 0 Å². The average Bonchev–Trinajstić information content (AvgIpc) is 2.30. The van der Waals surface area contributed by atoms with E-state index in [1.807, 2.05) is 0 Å². The van der Waals surface area contributed by atoms with Gasteiger partial charge in [-0.25, -0.2) is 18.2 Å². The van der Waals surface area contributed by atoms with Crippen LogP contribution in [0.3, 0.4) is 0 Å². The second kappa shape index (κ2) is 6.37. The highest BCUT2D eigenvalue weighted by Gasteiger charge is 2.14. The van der Waals surface area contributed by atoms with Gasteiger partial charge < -0.3 is 15.8 Å². The highest BCUT2D eigenvalue weighted by Crippen LogP contribution is 2.20. The Hall–Kier alpha value is -1.83. The highest BCUT2D eigenvalue weighted by molar-refractivity contribution is 7.90. The van der Waals surface area contributed by atoms with Gasteiger partial charge in [-0.3, -0.25) is 0 Å². The number of sulfone groups is 1. The predicted octanol–water partition coefficient (Wildman–Crippen LogP) is 0.297. The molecule has 0 atom stereocenters. The van der Waals surface area contributed by atoms with Crippen LogP contribution in [0.4, 0.5) is 11.5 Å². The summed E-state index contributed by atoms with van der Waals surface area (Å²) >= 11 is 0. The number of nitrogens with two attached hydrogens (primary N) is 1. The summed E-state index contributed by atoms with van der Waals surface area (Å²) in [6, 6.07) is 1.45. The summed E-state index contributed by atoms with van der Waals surface area (Å²) < 4.78 is 26.9. The van der Waals surface area contributed by atoms with E-state index in [2.05, 4.69) is 10.3 Å². The first-order chi connectivity index (χ1) is 8.85. The summed E-state index contributed by atoms with van der Waals surface area (Å²) in [5, 5.41) is 2.78. The van der Waals surface area contributed by atoms with Gasteiger partial charge in [0, 0.05) is 19.0 Å². The molecule has 0 aromatic carbocycles. The molecule has 0 fully saturated rings. The smallest absolute Gasteiger partial charge is 0.340 e. The fraction of sp³-hybridized carbons (Fsp3) is 0.455. The van der Waals surface area contributed by atoms with Gasteiger partial charge in [0.2, 0.25) is 0 Å². The van der Waals surface area contributed by atoms with Crippen LogP contribution in [-0.2, 0) is 14.6 Å². The third-order valence-corrected chi connectivity index (χ3v) is 3.20. The van der Waals surface area contributed by atoms with Gasteiger partial charge in [-0.2, -0.15) is 0 Å². The zero-order chi connectivity index (χ0) is 14.5. The van der Waals surface area contributed by atoms with Gasteiger partial charge in [-0.1, -0.05) is 0 Å². The van der Waals surface area contributed by atoms with Crippen molar-refractivity contribution in [1.82, 2.24) is 4.98 Å². The number of nitrogens with one attached hydrogen (secondary N) is 1. The Bertz CT molecular complexity index is 557. The van der Waals surface area contributed by atoms with E-state index < -0.39 is 15.8 Å². The van der Waals surface area contributed by atoms with Crippen molar-refractivity contribution >= 4 is 27.3 Å². The lowest BCUT2D eigenvalue weighted by atomic mass is 10.2. The molecule has 1 rings (SSSR count). The largest absolute Gasteiger partial charge is 0.462 e. The Morgan fingerprint density at radius 3 is 2.79 bits per heavy atom. The molecule has 19 heavy (non-hydrogen) atoms. The van der Waals surface area contributed by atoms with Crippen molar-refractivity contribution in [3.8, 4) is 0 Å². The van der Waals surface area contributed by atoms with Crippen LogP contribution < -0.4 is 11.1 Å². The molecule has 1 aromatic heterocycles. The Balaban J connectivity index is 2.80. The first-order valence-corrected chi connectivity index (χ1v) is 7.74. The van der Waals surface area contributed by atoms with Gasteiger partial charge in [0.15, 0.2) is 0 Å². The van der Waals surface area contributed by atoms with Crippen LogP contribution in [-0.4, -0.2) is 44.5 Å². The number of ether oxygens (including phenoxy) is 1. The number of anilines is 2. The molecule has 0 radical (unpaired) electrons. The van der Waals surface area contributed by atoms with Crippen LogP contribution >= 0.6 is 0 Å². The minimum Gasteiger partial charge on any atom is -0.462 e. The molecule has 0 bridgehead atoms. The van der Waals surface area contributed by atoms with E-state index in [4.69, 9.17) is 10.5 Å². The summed E-state index contributed by atoms with van der Waals surface area (Å²) in [5.74, 6) is -0.305. The van der Waals surface area contributed by atoms with Gasteiger partial charge >= 0.3 is 5.97 Å². The molecule has 0 aliphatic heterocycles. The van der Waals surface area contributed by atoms with E-state index in [1.165, 1.54) is 12.3 Å². The van der Waals surface area contributed by atoms with Crippen LogP contribution in [0.15, 0.2) is 12.3 Å². The number of pyridine rings is 1. The van der Waals surface area contributed by atoms with Gasteiger partial charge in [0.1, 0.15) is 15.7 Å². The maximum absolute atomic E-state index is 11.6. The molecular weight excluding hydrogens is 270 g/mol. The van der Waals surface area contributed by atoms with E-state index in [0.29, 0.717) is 0 Å². The molecule has 0 unspecified atom stereocenters. The highest BCUT2D eigenvalue weighted by atomic mass is 32.2. The Kier molecular flexibility index (Phi) is 5.11. The maximum atomic E-state index is 11.6. The van der Waals surface area contributed by atoms with E-state index in [1.54, 1.807) is 6.92 Å². The minimum atomic E-state index is -3.06. The topological polar surface area (TPSA) is 111 Å². The first-order valence-electron chi connectivity index (χ1n) is 5.68. The van der Waals surface area contributed by atoms with Crippen LogP contribution in [0.25, 0.3) is 0 Å². The van der Waals surface area contributed by atoms with Gasteiger partial charge in [-0.15, -0.1) is 0 Å². The molecule has 106 valence electrons. The quantitative estimate of drug-likeness (QED) is 0.723. The lowest BCUT2D eigenvalue weighted by Crippen LogP contribution is -2.17. The van der Waals surface area contributed by atoms with Gasteiger partial charge in [-0.05, 0) is 13.0 Å². The molecule has 0 amide bonds. The number of nitrogen functional groups attached to an aromatic ring is 1. The van der Waals surface area contributed by atoms with Crippen LogP contribution in [0.1, 0.15) is 17.3 Å². The molecule has 1 aromatic rings. The lowest BCUT2D eigenvalue weighted by molar-refractivity contribution is 0.0527. The zero-order valence-electron chi connectivity index (χ0n) is 10.8. The number of hydrogen-bond donors (Lipinski definition) is 2. The predicted molar refractivity (Wildman–Crippen MR) is 72.8 cm³/mol. The van der Waals surface area contributed by atoms with Crippen LogP contribution in [0.2, 0.25) is 0 Å². The molecule has 0 spiro atoms. The molecule has 8 heteroatoms. The fourth-order valence-corrected chi connectivity index (χ4v) is 1.83. The number of carbonyl (C=O) groups excluding carboxylic acids is 1. The van der Waals surface area contributed by atoms with Crippen molar-refractivity contribution in [3.05, 3.63) is 17.8 Å². The molecule has 0 saturated heterocycles. The molecule has 1 heterocycles. The standard InChI is InChI=1S/C11H17N3O4S/c1-3-18-11(15)8-4-5-13-10(9(8)12)14-6-7-19(2,16)17/h4-5H,3,6-7,12H2,1-2H3,(H,13,14). The number of esters is 1. The summed E-state index contributed by atoms with van der Waals surface area (Å²) in [6.07, 6.45) is 2.55. The summed E-state index contributed by atoms with van der Waals surface area (Å²) in [5.41, 5.74) is 6.14. The second-order valence-electron chi connectivity index (χ2n) is 3.90. The van der Waals surface area contributed by atoms with E-state index >= 15 is 0 Å². The maximum Gasteiger partial charge on any atom is 0.340 e. The van der Waals surface area contributed by atoms with Crippen molar-refractivity contribution in [2.24, 2.45) is 0 Å². The van der Waals surface area contributed by atoms with E-state index in [-0.39, 0.29) is 36.0 Å². The Labute approximate surface area is 112 Å². The SMILES string of the molecule is CCOC(=O)c1ccnc(NCCS(C)(=O)=O)c1N. The molecule has 0 aliphatic rings. The van der Waals surface area contributed by atoms with Gasteiger partial charge in [0.05, 0.1) is 23.6 Å². The van der Waals surface area contributed by atoms with Crippen LogP contribution in [0.5, 0.6) is 0 Å². The van der Waals surface area contributed by atoms with Gasteiger partial charge in [0.25, 0.3) is 0 Å². The Morgan fingerprint density at radius 2 is 2.21 bits per heavy atom. The summed E-state index contributed by atoms with van der Waals surface area (Å²) in [4.78, 5) is 15.6. The number of aromatic nitrogens is 1. The third-order valence-electron chi connectivity index (χ3n) is 2.25. The number of rotatable bonds is 6. The van der Waals surface area contributed by atoms with Crippen molar-refractivity contribution in [2.75, 3.05) is 36.2 Å². The van der Waals surface area contributed by atoms with Crippen molar-refractivity contribution in [2.45, 2.75) is 6.92 Å². The molecule has 0 saturated carbocycles. The number of nitrogens with zero attached hydrogens (tertiary/aromatic N) is 1. The summed E-state index contributed by atoms with van der Waals surface area (Å²) in [6.45, 7) is 2.11. The second-order valence-corrected chi connectivity index (χ2v) is 6.16. The zero-order valence-corrected chi connectivity index (χ0v) is 11.7. The molecular formula is C11H17N3O4S. The number of hydrogen-bond acceptors (Lipinski definition) is 7. The fourth-order valence-electron chi connectivity index (χ4n) is 1.36. The van der Waals surface area contributed by atoms with E-state index in [9.17, 15) is 13.2 Å². The normalized spacial score (nSPS) is 11.1. The summed E-state index contributed by atoms with van der Waals surface area (Å²) in [7, 11) is -3.06. The van der Waals surface area contributed by atoms with Crippen molar-refractivity contribution in [1.29, 1.82) is 0 Å². The monoisotopic (exact) mass is 287 g/mol.